The molecule has 0 bridgehead atoms. The Morgan fingerprint density at radius 2 is 1.97 bits per heavy atom. The fourth-order valence-corrected chi connectivity index (χ4v) is 5.53. The molecule has 1 amide bonds. The van der Waals surface area contributed by atoms with Crippen LogP contribution >= 0.6 is 0 Å². The Kier molecular flexibility index (Phi) is 5.68. The summed E-state index contributed by atoms with van der Waals surface area (Å²) in [5.41, 5.74) is 1.99. The van der Waals surface area contributed by atoms with E-state index in [1.54, 1.807) is 18.3 Å². The Hall–Kier alpha value is -3.16. The Bertz CT molecular complexity index is 992. The van der Waals surface area contributed by atoms with Gasteiger partial charge in [-0.3, -0.25) is 14.9 Å². The van der Waals surface area contributed by atoms with Crippen LogP contribution in [0.5, 0.6) is 0 Å². The molecular weight excluding hydrogens is 406 g/mol. The van der Waals surface area contributed by atoms with Crippen LogP contribution in [0.4, 0.5) is 17.2 Å². The van der Waals surface area contributed by atoms with Gasteiger partial charge in [-0.15, -0.1) is 0 Å². The first-order valence-electron chi connectivity index (χ1n) is 11.6. The Labute approximate surface area is 187 Å². The van der Waals surface area contributed by atoms with Crippen LogP contribution in [0.3, 0.4) is 0 Å². The number of fused-ring (bicyclic) bond motifs is 3. The van der Waals surface area contributed by atoms with Gasteiger partial charge in [-0.25, -0.2) is 4.98 Å². The lowest BCUT2D eigenvalue weighted by molar-refractivity contribution is -0.384. The highest BCUT2D eigenvalue weighted by Crippen LogP contribution is 2.38. The highest BCUT2D eigenvalue weighted by atomic mass is 16.6. The van der Waals surface area contributed by atoms with Gasteiger partial charge in [0, 0.05) is 49.7 Å². The minimum Gasteiger partial charge on any atom is -0.364 e. The molecule has 0 unspecified atom stereocenters. The number of carbonyl (C=O) groups excluding carboxylic acids is 1. The fourth-order valence-electron chi connectivity index (χ4n) is 5.53. The zero-order chi connectivity index (χ0) is 22.1. The summed E-state index contributed by atoms with van der Waals surface area (Å²) < 4.78 is 0. The lowest BCUT2D eigenvalue weighted by Crippen LogP contribution is -2.62. The number of non-ortho nitro benzene ring substituents is 1. The van der Waals surface area contributed by atoms with Gasteiger partial charge in [0.1, 0.15) is 5.82 Å². The summed E-state index contributed by atoms with van der Waals surface area (Å²) in [6.45, 7) is 2.25. The van der Waals surface area contributed by atoms with E-state index < -0.39 is 0 Å². The molecule has 2 fully saturated rings. The zero-order valence-electron chi connectivity index (χ0n) is 18.2. The molecule has 1 N–H and O–H groups in total. The molecule has 2 aliphatic heterocycles. The van der Waals surface area contributed by atoms with E-state index in [2.05, 4.69) is 20.1 Å². The summed E-state index contributed by atoms with van der Waals surface area (Å²) in [4.78, 5) is 33.5. The van der Waals surface area contributed by atoms with Crippen molar-refractivity contribution in [3.8, 4) is 0 Å². The van der Waals surface area contributed by atoms with E-state index in [1.165, 1.54) is 6.42 Å². The Morgan fingerprint density at radius 1 is 1.12 bits per heavy atom. The lowest BCUT2D eigenvalue weighted by Gasteiger charge is -2.49. The molecule has 2 aromatic rings. The second-order valence-corrected chi connectivity index (χ2v) is 9.12. The van der Waals surface area contributed by atoms with E-state index in [1.807, 2.05) is 24.3 Å². The third-order valence-corrected chi connectivity index (χ3v) is 7.17. The largest absolute Gasteiger partial charge is 0.364 e. The molecular formula is C24H29N5O3. The number of hydrogen-bond donors (Lipinski definition) is 1. The van der Waals surface area contributed by atoms with Crippen molar-refractivity contribution >= 4 is 23.1 Å². The SMILES string of the molecule is O=C(NC1CCCCC1)[C@@H]1Cc2cc([N+](=O)[O-])ccc2N2CCN(c3ccccn3)C[C@@H]12. The van der Waals surface area contributed by atoms with E-state index in [0.29, 0.717) is 13.0 Å². The number of nitro groups is 1. The molecule has 2 atom stereocenters. The second kappa shape index (κ2) is 8.76. The van der Waals surface area contributed by atoms with Gasteiger partial charge in [-0.1, -0.05) is 25.3 Å². The van der Waals surface area contributed by atoms with Crippen LogP contribution in [-0.4, -0.2) is 47.5 Å². The number of nitrogens with one attached hydrogen (secondary N) is 1. The Balaban J connectivity index is 1.44. The van der Waals surface area contributed by atoms with Crippen LogP contribution in [0.1, 0.15) is 37.7 Å². The van der Waals surface area contributed by atoms with Crippen LogP contribution in [0, 0.1) is 16.0 Å². The van der Waals surface area contributed by atoms with Crippen molar-refractivity contribution < 1.29 is 9.72 Å². The number of pyridine rings is 1. The predicted molar refractivity (Wildman–Crippen MR) is 123 cm³/mol. The molecule has 1 aliphatic carbocycles. The summed E-state index contributed by atoms with van der Waals surface area (Å²) in [6, 6.07) is 11.2. The fraction of sp³-hybridized carbons (Fsp3) is 0.500. The van der Waals surface area contributed by atoms with E-state index in [4.69, 9.17) is 0 Å². The third-order valence-electron chi connectivity index (χ3n) is 7.17. The number of rotatable bonds is 4. The summed E-state index contributed by atoms with van der Waals surface area (Å²) in [5, 5.41) is 14.7. The van der Waals surface area contributed by atoms with Crippen molar-refractivity contribution in [2.45, 2.75) is 50.6 Å². The van der Waals surface area contributed by atoms with Gasteiger partial charge in [-0.05, 0) is 43.0 Å². The first-order chi connectivity index (χ1) is 15.6. The quantitative estimate of drug-likeness (QED) is 0.585. The van der Waals surface area contributed by atoms with Gasteiger partial charge in [0.05, 0.1) is 16.9 Å². The van der Waals surface area contributed by atoms with Crippen molar-refractivity contribution in [3.63, 3.8) is 0 Å². The van der Waals surface area contributed by atoms with Gasteiger partial charge >= 0.3 is 0 Å². The van der Waals surface area contributed by atoms with Gasteiger partial charge in [0.15, 0.2) is 0 Å². The van der Waals surface area contributed by atoms with Crippen molar-refractivity contribution in [2.75, 3.05) is 29.4 Å². The number of amides is 1. The number of carbonyl (C=O) groups is 1. The highest BCUT2D eigenvalue weighted by Gasteiger charge is 2.42. The van der Waals surface area contributed by atoms with Crippen molar-refractivity contribution in [2.24, 2.45) is 5.92 Å². The molecule has 168 valence electrons. The smallest absolute Gasteiger partial charge is 0.269 e. The highest BCUT2D eigenvalue weighted by molar-refractivity contribution is 5.83. The maximum Gasteiger partial charge on any atom is 0.269 e. The third kappa shape index (κ3) is 4.01. The number of aromatic nitrogens is 1. The first-order valence-corrected chi connectivity index (χ1v) is 11.6. The van der Waals surface area contributed by atoms with Crippen LogP contribution in [0.25, 0.3) is 0 Å². The van der Waals surface area contributed by atoms with Crippen LogP contribution < -0.4 is 15.1 Å². The molecule has 1 saturated carbocycles. The normalized spacial score (nSPS) is 23.2. The summed E-state index contributed by atoms with van der Waals surface area (Å²) >= 11 is 0. The molecule has 1 aromatic heterocycles. The van der Waals surface area contributed by atoms with Gasteiger partial charge in [0.2, 0.25) is 5.91 Å². The van der Waals surface area contributed by atoms with Crippen LogP contribution in [0.2, 0.25) is 0 Å². The number of nitro benzene ring substituents is 1. The lowest BCUT2D eigenvalue weighted by atomic mass is 9.82. The standard InChI is InChI=1S/C24H29N5O3/c30-24(26-18-6-2-1-3-7-18)20-15-17-14-19(29(31)32)9-10-21(17)28-13-12-27(16-22(20)28)23-8-4-5-11-25-23/h4-5,8-11,14,18,20,22H,1-3,6-7,12-13,15-16H2,(H,26,30)/t20-,22+/m1/s1. The average molecular weight is 436 g/mol. The summed E-state index contributed by atoms with van der Waals surface area (Å²) in [5.74, 6) is 0.748. The van der Waals surface area contributed by atoms with Gasteiger partial charge in [0.25, 0.3) is 5.69 Å². The molecule has 1 saturated heterocycles. The number of hydrogen-bond acceptors (Lipinski definition) is 6. The zero-order valence-corrected chi connectivity index (χ0v) is 18.2. The molecule has 3 aliphatic rings. The number of anilines is 2. The van der Waals surface area contributed by atoms with Crippen LogP contribution in [0.15, 0.2) is 42.6 Å². The van der Waals surface area contributed by atoms with Crippen molar-refractivity contribution in [3.05, 3.63) is 58.3 Å². The number of nitrogens with zero attached hydrogens (tertiary/aromatic N) is 4. The maximum atomic E-state index is 13.5. The average Bonchev–Trinajstić information content (AvgIpc) is 2.84. The van der Waals surface area contributed by atoms with Crippen LogP contribution in [-0.2, 0) is 11.2 Å². The van der Waals surface area contributed by atoms with Crippen molar-refractivity contribution in [1.82, 2.24) is 10.3 Å². The van der Waals surface area contributed by atoms with Gasteiger partial charge in [-0.2, -0.15) is 0 Å². The minimum atomic E-state index is -0.359. The number of benzene rings is 1. The molecule has 3 heterocycles. The Morgan fingerprint density at radius 3 is 2.72 bits per heavy atom. The van der Waals surface area contributed by atoms with Gasteiger partial charge < -0.3 is 15.1 Å². The van der Waals surface area contributed by atoms with E-state index in [0.717, 1.165) is 55.8 Å². The second-order valence-electron chi connectivity index (χ2n) is 9.12. The monoisotopic (exact) mass is 435 g/mol. The van der Waals surface area contributed by atoms with Crippen molar-refractivity contribution in [1.29, 1.82) is 0 Å². The molecule has 8 nitrogen and oxygen atoms in total. The van der Waals surface area contributed by atoms with E-state index in [9.17, 15) is 14.9 Å². The predicted octanol–water partition coefficient (Wildman–Crippen LogP) is 3.31. The topological polar surface area (TPSA) is 91.6 Å². The molecule has 1 aromatic carbocycles. The molecule has 8 heteroatoms. The first kappa shape index (κ1) is 20.7. The number of piperazine rings is 1. The summed E-state index contributed by atoms with van der Waals surface area (Å²) in [7, 11) is 0. The minimum absolute atomic E-state index is 0.00306. The van der Waals surface area contributed by atoms with E-state index in [-0.39, 0.29) is 34.5 Å². The molecule has 32 heavy (non-hydrogen) atoms. The molecule has 0 radical (unpaired) electrons. The molecule has 5 rings (SSSR count). The maximum absolute atomic E-state index is 13.5. The molecule has 0 spiro atoms. The summed E-state index contributed by atoms with van der Waals surface area (Å²) in [6.07, 6.45) is 7.95. The van der Waals surface area contributed by atoms with E-state index >= 15 is 0 Å².